The first-order valence-electron chi connectivity index (χ1n) is 12.4. The molecule has 2 atom stereocenters. The number of hydrogen-bond acceptors (Lipinski definition) is 5. The number of phenols is 1. The van der Waals surface area contributed by atoms with Crippen molar-refractivity contribution in [1.82, 2.24) is 15.2 Å². The lowest BCUT2D eigenvalue weighted by Crippen LogP contribution is -2.12. The van der Waals surface area contributed by atoms with Crippen LogP contribution in [0.3, 0.4) is 0 Å². The summed E-state index contributed by atoms with van der Waals surface area (Å²) >= 11 is 0. The molecule has 2 N–H and O–H groups in total. The number of pyridine rings is 1. The summed E-state index contributed by atoms with van der Waals surface area (Å²) in [7, 11) is 3.45. The number of nitrogens with one attached hydrogen (secondary N) is 1. The van der Waals surface area contributed by atoms with Gasteiger partial charge in [-0.3, -0.25) is 5.10 Å². The first-order valence-corrected chi connectivity index (χ1v) is 12.4. The number of methoxy groups -OCH3 is 2. The fourth-order valence-electron chi connectivity index (χ4n) is 5.26. The molecule has 0 spiro atoms. The van der Waals surface area contributed by atoms with Crippen LogP contribution in [0.4, 0.5) is 0 Å². The van der Waals surface area contributed by atoms with Gasteiger partial charge in [-0.05, 0) is 51.9 Å². The predicted octanol–water partition coefficient (Wildman–Crippen LogP) is 6.96. The summed E-state index contributed by atoms with van der Waals surface area (Å²) in [6, 6.07) is 31.8. The smallest absolute Gasteiger partial charge is 0.156 e. The van der Waals surface area contributed by atoms with Gasteiger partial charge in [-0.25, -0.2) is 4.98 Å². The van der Waals surface area contributed by atoms with Gasteiger partial charge in [0.15, 0.2) is 5.65 Å². The topological polar surface area (TPSA) is 80.3 Å². The molecule has 188 valence electrons. The molecule has 0 amide bonds. The average Bonchev–Trinajstić information content (AvgIpc) is 3.44. The number of rotatable bonds is 7. The lowest BCUT2D eigenvalue weighted by Gasteiger charge is -2.26. The van der Waals surface area contributed by atoms with Crippen molar-refractivity contribution in [1.29, 1.82) is 0 Å². The van der Waals surface area contributed by atoms with Crippen molar-refractivity contribution in [3.8, 4) is 17.0 Å². The van der Waals surface area contributed by atoms with Crippen molar-refractivity contribution in [3.05, 3.63) is 126 Å². The van der Waals surface area contributed by atoms with Gasteiger partial charge in [0.2, 0.25) is 0 Å². The molecule has 0 aliphatic carbocycles. The highest BCUT2D eigenvalue weighted by atomic mass is 16.5. The number of phenolic OH excluding ortho intramolecular Hbond substituents is 1. The molecule has 2 heterocycles. The standard InChI is InChI=1S/C32H27N3O3/c1-37-30(20-11-5-3-6-12-20)25-17-23-24(18-26(25)31(38-2)21-13-7-4-8-14-21)29(22-15-9-10-16-28(22)36)34-32-27(23)19-33-35-32/h3-19,30-31,36H,1-2H3,(H,33,34,35). The van der Waals surface area contributed by atoms with Gasteiger partial charge in [0.25, 0.3) is 0 Å². The Morgan fingerprint density at radius 2 is 1.24 bits per heavy atom. The Kier molecular flexibility index (Phi) is 6.33. The summed E-state index contributed by atoms with van der Waals surface area (Å²) in [6.07, 6.45) is 1.10. The Hall–Kier alpha value is -4.52. The van der Waals surface area contributed by atoms with Gasteiger partial charge in [0.1, 0.15) is 18.0 Å². The Bertz CT molecular complexity index is 1710. The highest BCUT2D eigenvalue weighted by molar-refractivity contribution is 6.10. The van der Waals surface area contributed by atoms with Crippen molar-refractivity contribution in [2.75, 3.05) is 14.2 Å². The van der Waals surface area contributed by atoms with Crippen LogP contribution < -0.4 is 0 Å². The van der Waals surface area contributed by atoms with E-state index in [0.717, 1.165) is 38.4 Å². The largest absolute Gasteiger partial charge is 0.507 e. The van der Waals surface area contributed by atoms with Crippen LogP contribution in [-0.2, 0) is 9.47 Å². The number of fused-ring (bicyclic) bond motifs is 3. The van der Waals surface area contributed by atoms with Gasteiger partial charge in [-0.15, -0.1) is 0 Å². The third kappa shape index (κ3) is 4.10. The molecule has 0 radical (unpaired) electrons. The van der Waals surface area contributed by atoms with E-state index in [4.69, 9.17) is 14.5 Å². The van der Waals surface area contributed by atoms with Crippen LogP contribution in [-0.4, -0.2) is 34.5 Å². The van der Waals surface area contributed by atoms with Gasteiger partial charge < -0.3 is 14.6 Å². The Balaban J connectivity index is 1.72. The molecule has 4 aromatic carbocycles. The van der Waals surface area contributed by atoms with E-state index in [1.165, 1.54) is 0 Å². The zero-order valence-electron chi connectivity index (χ0n) is 21.1. The lowest BCUT2D eigenvalue weighted by atomic mass is 9.87. The number of hydrogen-bond donors (Lipinski definition) is 2. The number of ether oxygens (including phenoxy) is 2. The van der Waals surface area contributed by atoms with Crippen LogP contribution >= 0.6 is 0 Å². The molecule has 2 aromatic heterocycles. The minimum atomic E-state index is -0.353. The van der Waals surface area contributed by atoms with Crippen LogP contribution in [0.15, 0.2) is 103 Å². The lowest BCUT2D eigenvalue weighted by molar-refractivity contribution is 0.118. The van der Waals surface area contributed by atoms with E-state index in [1.54, 1.807) is 32.5 Å². The van der Waals surface area contributed by atoms with Gasteiger partial charge in [0.05, 0.1) is 11.9 Å². The molecule has 6 nitrogen and oxygen atoms in total. The number of nitrogens with zero attached hydrogens (tertiary/aromatic N) is 2. The van der Waals surface area contributed by atoms with E-state index in [0.29, 0.717) is 16.9 Å². The van der Waals surface area contributed by atoms with Gasteiger partial charge >= 0.3 is 0 Å². The monoisotopic (exact) mass is 501 g/mol. The van der Waals surface area contributed by atoms with Crippen molar-refractivity contribution in [2.24, 2.45) is 0 Å². The van der Waals surface area contributed by atoms with E-state index < -0.39 is 0 Å². The van der Waals surface area contributed by atoms with Crippen molar-refractivity contribution < 1.29 is 14.6 Å². The number of benzene rings is 4. The van der Waals surface area contributed by atoms with E-state index in [1.807, 2.05) is 48.5 Å². The molecule has 0 aliphatic rings. The van der Waals surface area contributed by atoms with Crippen LogP contribution in [0.2, 0.25) is 0 Å². The molecule has 38 heavy (non-hydrogen) atoms. The van der Waals surface area contributed by atoms with E-state index >= 15 is 0 Å². The molecule has 0 aliphatic heterocycles. The van der Waals surface area contributed by atoms with Gasteiger partial charge in [-0.2, -0.15) is 5.10 Å². The molecule has 0 saturated carbocycles. The summed E-state index contributed by atoms with van der Waals surface area (Å²) < 4.78 is 12.3. The molecule has 0 saturated heterocycles. The van der Waals surface area contributed by atoms with Crippen molar-refractivity contribution in [3.63, 3.8) is 0 Å². The zero-order valence-corrected chi connectivity index (χ0v) is 21.1. The second-order valence-corrected chi connectivity index (χ2v) is 9.19. The highest BCUT2D eigenvalue weighted by Gasteiger charge is 2.26. The summed E-state index contributed by atoms with van der Waals surface area (Å²) in [5, 5.41) is 20.8. The van der Waals surface area contributed by atoms with Crippen LogP contribution in [0, 0.1) is 0 Å². The molecule has 6 rings (SSSR count). The minimum absolute atomic E-state index is 0.163. The Morgan fingerprint density at radius 3 is 1.82 bits per heavy atom. The summed E-state index contributed by atoms with van der Waals surface area (Å²) in [5.41, 5.74) is 5.97. The van der Waals surface area contributed by atoms with Gasteiger partial charge in [-0.1, -0.05) is 72.8 Å². The third-order valence-corrected chi connectivity index (χ3v) is 7.01. The zero-order chi connectivity index (χ0) is 26.1. The molecule has 0 bridgehead atoms. The molecule has 0 fully saturated rings. The Labute approximate surface area is 220 Å². The maximum atomic E-state index is 10.8. The normalized spacial score (nSPS) is 13.1. The molecular formula is C32H27N3O3. The SMILES string of the molecule is COC(c1ccccc1)c1cc2c(-c3ccccc3O)nc3[nH]ncc3c2cc1C(OC)c1ccccc1. The number of para-hydroxylation sites is 1. The molecule has 6 aromatic rings. The van der Waals surface area contributed by atoms with Crippen LogP contribution in [0.1, 0.15) is 34.5 Å². The quantitative estimate of drug-likeness (QED) is 0.247. The first kappa shape index (κ1) is 23.9. The Morgan fingerprint density at radius 1 is 0.684 bits per heavy atom. The highest BCUT2D eigenvalue weighted by Crippen LogP contribution is 2.42. The molecule has 6 heteroatoms. The summed E-state index contributed by atoms with van der Waals surface area (Å²) in [6.45, 7) is 0. The number of H-pyrrole nitrogens is 1. The number of aromatic amines is 1. The first-order chi connectivity index (χ1) is 18.7. The van der Waals surface area contributed by atoms with Gasteiger partial charge in [0, 0.05) is 30.6 Å². The summed E-state index contributed by atoms with van der Waals surface area (Å²) in [5.74, 6) is 0.163. The number of aromatic nitrogens is 3. The maximum absolute atomic E-state index is 10.8. The second-order valence-electron chi connectivity index (χ2n) is 9.19. The second kappa shape index (κ2) is 10.1. The predicted molar refractivity (Wildman–Crippen MR) is 149 cm³/mol. The van der Waals surface area contributed by atoms with E-state index in [9.17, 15) is 5.11 Å². The van der Waals surface area contributed by atoms with Crippen molar-refractivity contribution in [2.45, 2.75) is 12.2 Å². The average molecular weight is 502 g/mol. The minimum Gasteiger partial charge on any atom is -0.507 e. The summed E-state index contributed by atoms with van der Waals surface area (Å²) in [4.78, 5) is 4.90. The molecular weight excluding hydrogens is 474 g/mol. The fraction of sp³-hybridized carbons (Fsp3) is 0.125. The fourth-order valence-corrected chi connectivity index (χ4v) is 5.26. The molecule has 2 unspecified atom stereocenters. The number of aromatic hydroxyl groups is 1. The maximum Gasteiger partial charge on any atom is 0.156 e. The van der Waals surface area contributed by atoms with E-state index in [2.05, 4.69) is 46.6 Å². The van der Waals surface area contributed by atoms with Crippen LogP contribution in [0.25, 0.3) is 33.1 Å². The third-order valence-electron chi connectivity index (χ3n) is 7.01. The van der Waals surface area contributed by atoms with E-state index in [-0.39, 0.29) is 18.0 Å². The van der Waals surface area contributed by atoms with Crippen LogP contribution in [0.5, 0.6) is 5.75 Å². The van der Waals surface area contributed by atoms with Crippen molar-refractivity contribution >= 4 is 21.8 Å².